The van der Waals surface area contributed by atoms with Crippen LogP contribution in [-0.4, -0.2) is 50.7 Å². The number of nitrogens with two attached hydrogens (primary N) is 1. The maximum absolute atomic E-state index is 12.4. The minimum Gasteiger partial charge on any atom is -0.469 e. The summed E-state index contributed by atoms with van der Waals surface area (Å²) in [6, 6.07) is -0.0265. The van der Waals surface area contributed by atoms with E-state index in [4.69, 9.17) is 5.73 Å². The van der Waals surface area contributed by atoms with Crippen LogP contribution in [0.15, 0.2) is 0 Å². The SMILES string of the molecule is CCN(C1CCCCC1CN)S(=O)(=O)CCC(=O)OC. The van der Waals surface area contributed by atoms with E-state index >= 15 is 0 Å². The average molecular weight is 306 g/mol. The molecule has 1 aliphatic carbocycles. The molecule has 0 spiro atoms. The Bertz CT molecular complexity index is 411. The van der Waals surface area contributed by atoms with Gasteiger partial charge in [0.25, 0.3) is 0 Å². The molecule has 0 saturated heterocycles. The van der Waals surface area contributed by atoms with Gasteiger partial charge in [0.1, 0.15) is 0 Å². The highest BCUT2D eigenvalue weighted by molar-refractivity contribution is 7.89. The summed E-state index contributed by atoms with van der Waals surface area (Å²) in [5, 5.41) is 0. The normalized spacial score (nSPS) is 23.8. The summed E-state index contributed by atoms with van der Waals surface area (Å²) >= 11 is 0. The lowest BCUT2D eigenvalue weighted by atomic mass is 9.84. The Labute approximate surface area is 121 Å². The number of nitrogens with zero attached hydrogens (tertiary/aromatic N) is 1. The zero-order valence-electron chi connectivity index (χ0n) is 12.4. The first-order valence-electron chi connectivity index (χ1n) is 7.22. The molecule has 0 heterocycles. The second kappa shape index (κ2) is 7.95. The second-order valence-electron chi connectivity index (χ2n) is 5.19. The summed E-state index contributed by atoms with van der Waals surface area (Å²) in [4.78, 5) is 11.1. The van der Waals surface area contributed by atoms with Gasteiger partial charge in [-0.15, -0.1) is 0 Å². The zero-order valence-corrected chi connectivity index (χ0v) is 13.2. The van der Waals surface area contributed by atoms with Gasteiger partial charge in [-0.2, -0.15) is 4.31 Å². The maximum Gasteiger partial charge on any atom is 0.306 e. The summed E-state index contributed by atoms with van der Waals surface area (Å²) in [6.45, 7) is 2.76. The van der Waals surface area contributed by atoms with Crippen LogP contribution in [0.3, 0.4) is 0 Å². The molecule has 0 bridgehead atoms. The fourth-order valence-electron chi connectivity index (χ4n) is 2.91. The van der Waals surface area contributed by atoms with Crippen molar-refractivity contribution in [2.45, 2.75) is 45.1 Å². The molecule has 1 saturated carbocycles. The molecule has 1 fully saturated rings. The largest absolute Gasteiger partial charge is 0.469 e. The first kappa shape index (κ1) is 17.4. The van der Waals surface area contributed by atoms with Gasteiger partial charge in [-0.1, -0.05) is 19.8 Å². The molecule has 2 atom stereocenters. The van der Waals surface area contributed by atoms with Gasteiger partial charge in [0.2, 0.25) is 10.0 Å². The van der Waals surface area contributed by atoms with Crippen LogP contribution in [0.4, 0.5) is 0 Å². The summed E-state index contributed by atoms with van der Waals surface area (Å²) in [7, 11) is -2.18. The van der Waals surface area contributed by atoms with Gasteiger partial charge in [-0.25, -0.2) is 8.42 Å². The van der Waals surface area contributed by atoms with E-state index in [1.807, 2.05) is 6.92 Å². The van der Waals surface area contributed by atoms with Crippen LogP contribution in [0.2, 0.25) is 0 Å². The lowest BCUT2D eigenvalue weighted by Gasteiger charge is -2.38. The van der Waals surface area contributed by atoms with Crippen LogP contribution in [0.5, 0.6) is 0 Å². The Balaban J connectivity index is 2.79. The van der Waals surface area contributed by atoms with Crippen LogP contribution in [0.1, 0.15) is 39.0 Å². The number of hydrogen-bond donors (Lipinski definition) is 1. The van der Waals surface area contributed by atoms with E-state index in [2.05, 4.69) is 4.74 Å². The van der Waals surface area contributed by atoms with Crippen molar-refractivity contribution in [2.75, 3.05) is 26.0 Å². The Morgan fingerprint density at radius 3 is 2.55 bits per heavy atom. The first-order valence-corrected chi connectivity index (χ1v) is 8.83. The third-order valence-electron chi connectivity index (χ3n) is 4.00. The number of esters is 1. The Kier molecular flexibility index (Phi) is 6.91. The number of methoxy groups -OCH3 is 1. The summed E-state index contributed by atoms with van der Waals surface area (Å²) in [5.41, 5.74) is 5.78. The van der Waals surface area contributed by atoms with E-state index in [0.29, 0.717) is 13.1 Å². The quantitative estimate of drug-likeness (QED) is 0.700. The predicted octanol–water partition coefficient (Wildman–Crippen LogP) is 0.719. The monoisotopic (exact) mass is 306 g/mol. The lowest BCUT2D eigenvalue weighted by Crippen LogP contribution is -2.48. The highest BCUT2D eigenvalue weighted by atomic mass is 32.2. The molecule has 118 valence electrons. The van der Waals surface area contributed by atoms with Crippen LogP contribution in [0.25, 0.3) is 0 Å². The van der Waals surface area contributed by atoms with Crippen molar-refractivity contribution >= 4 is 16.0 Å². The third kappa shape index (κ3) is 4.43. The average Bonchev–Trinajstić information content (AvgIpc) is 2.45. The summed E-state index contributed by atoms with van der Waals surface area (Å²) < 4.78 is 30.9. The lowest BCUT2D eigenvalue weighted by molar-refractivity contribution is -0.140. The highest BCUT2D eigenvalue weighted by Crippen LogP contribution is 2.29. The van der Waals surface area contributed by atoms with Gasteiger partial charge in [0, 0.05) is 12.6 Å². The first-order chi connectivity index (χ1) is 9.46. The van der Waals surface area contributed by atoms with Gasteiger partial charge in [-0.3, -0.25) is 4.79 Å². The zero-order chi connectivity index (χ0) is 15.2. The van der Waals surface area contributed by atoms with Crippen LogP contribution < -0.4 is 5.73 Å². The number of rotatable bonds is 7. The molecule has 0 amide bonds. The molecule has 0 aromatic heterocycles. The molecule has 0 aromatic carbocycles. The fourth-order valence-corrected chi connectivity index (χ4v) is 4.65. The van der Waals surface area contributed by atoms with Crippen molar-refractivity contribution in [2.24, 2.45) is 11.7 Å². The minimum atomic E-state index is -3.44. The third-order valence-corrected chi connectivity index (χ3v) is 5.97. The van der Waals surface area contributed by atoms with Gasteiger partial charge >= 0.3 is 5.97 Å². The second-order valence-corrected chi connectivity index (χ2v) is 7.23. The molecular weight excluding hydrogens is 280 g/mol. The van der Waals surface area contributed by atoms with Crippen LogP contribution >= 0.6 is 0 Å². The molecule has 0 aliphatic heterocycles. The number of carbonyl (C=O) groups is 1. The molecule has 1 aliphatic rings. The smallest absolute Gasteiger partial charge is 0.306 e. The topological polar surface area (TPSA) is 89.7 Å². The van der Waals surface area contributed by atoms with E-state index in [-0.39, 0.29) is 24.1 Å². The van der Waals surface area contributed by atoms with Crippen molar-refractivity contribution in [1.29, 1.82) is 0 Å². The van der Waals surface area contributed by atoms with E-state index in [1.54, 1.807) is 0 Å². The molecule has 1 rings (SSSR count). The van der Waals surface area contributed by atoms with Crippen molar-refractivity contribution in [1.82, 2.24) is 4.31 Å². The molecule has 0 aromatic rings. The molecular formula is C13H26N2O4S. The molecule has 0 radical (unpaired) electrons. The molecule has 2 N–H and O–H groups in total. The Hall–Kier alpha value is -0.660. The number of sulfonamides is 1. The predicted molar refractivity (Wildman–Crippen MR) is 77.6 cm³/mol. The molecule has 2 unspecified atom stereocenters. The van der Waals surface area contributed by atoms with E-state index < -0.39 is 16.0 Å². The van der Waals surface area contributed by atoms with Crippen molar-refractivity contribution in [3.63, 3.8) is 0 Å². The summed E-state index contributed by atoms with van der Waals surface area (Å²) in [6.07, 6.45) is 3.87. The number of hydrogen-bond acceptors (Lipinski definition) is 5. The van der Waals surface area contributed by atoms with Crippen molar-refractivity contribution < 1.29 is 17.9 Å². The Morgan fingerprint density at radius 2 is 2.00 bits per heavy atom. The Morgan fingerprint density at radius 1 is 1.35 bits per heavy atom. The molecule has 20 heavy (non-hydrogen) atoms. The summed E-state index contributed by atoms with van der Waals surface area (Å²) in [5.74, 6) is -0.471. The van der Waals surface area contributed by atoms with Gasteiger partial charge in [0.15, 0.2) is 0 Å². The number of carbonyl (C=O) groups excluding carboxylic acids is 1. The van der Waals surface area contributed by atoms with Crippen LogP contribution in [-0.2, 0) is 19.6 Å². The van der Waals surface area contributed by atoms with E-state index in [9.17, 15) is 13.2 Å². The van der Waals surface area contributed by atoms with Gasteiger partial charge in [0.05, 0.1) is 19.3 Å². The van der Waals surface area contributed by atoms with Crippen LogP contribution in [0, 0.1) is 5.92 Å². The van der Waals surface area contributed by atoms with Crippen molar-refractivity contribution in [3.05, 3.63) is 0 Å². The minimum absolute atomic E-state index is 0.0265. The van der Waals surface area contributed by atoms with Crippen molar-refractivity contribution in [3.8, 4) is 0 Å². The maximum atomic E-state index is 12.4. The van der Waals surface area contributed by atoms with Gasteiger partial charge in [-0.05, 0) is 25.3 Å². The van der Waals surface area contributed by atoms with Gasteiger partial charge < -0.3 is 10.5 Å². The molecule has 6 nitrogen and oxygen atoms in total. The fraction of sp³-hybridized carbons (Fsp3) is 0.923. The standard InChI is InChI=1S/C13H26N2O4S/c1-3-15(12-7-5-4-6-11(12)10-14)20(17,18)9-8-13(16)19-2/h11-12H,3-10,14H2,1-2H3. The number of ether oxygens (including phenoxy) is 1. The van der Waals surface area contributed by atoms with E-state index in [1.165, 1.54) is 11.4 Å². The molecule has 7 heteroatoms. The highest BCUT2D eigenvalue weighted by Gasteiger charge is 2.35. The van der Waals surface area contributed by atoms with E-state index in [0.717, 1.165) is 25.7 Å².